The summed E-state index contributed by atoms with van der Waals surface area (Å²) in [4.78, 5) is 69.7. The molecular formula is C39H59N9O5S3. The molecule has 308 valence electrons. The molecule has 0 aliphatic carbocycles. The summed E-state index contributed by atoms with van der Waals surface area (Å²) >= 11 is 5.23. The Bertz CT molecular complexity index is 1790. The number of likely N-dealkylation sites (tertiary alicyclic amines) is 2. The number of nitrogens with zero attached hydrogens (tertiary/aromatic N) is 5. The fourth-order valence-electron chi connectivity index (χ4n) is 4.94. The molecule has 0 spiro atoms. The van der Waals surface area contributed by atoms with Crippen LogP contribution in [0.2, 0.25) is 0 Å². The van der Waals surface area contributed by atoms with E-state index in [2.05, 4.69) is 80.1 Å². The van der Waals surface area contributed by atoms with Crippen molar-refractivity contribution in [3.8, 4) is 31.0 Å². The zero-order valence-electron chi connectivity index (χ0n) is 34.0. The summed E-state index contributed by atoms with van der Waals surface area (Å²) in [6.45, 7) is 17.4. The molecule has 17 heteroatoms. The highest BCUT2D eigenvalue weighted by Gasteiger charge is 2.19. The average molecular weight is 830 g/mol. The van der Waals surface area contributed by atoms with Gasteiger partial charge in [-0.1, -0.05) is 54.4 Å². The lowest BCUT2D eigenvalue weighted by atomic mass is 10.3. The number of hydrogen-bond acceptors (Lipinski definition) is 11. The maximum absolute atomic E-state index is 11.3. The second-order valence-electron chi connectivity index (χ2n) is 12.3. The van der Waals surface area contributed by atoms with E-state index in [-0.39, 0.29) is 30.8 Å². The lowest BCUT2D eigenvalue weighted by Gasteiger charge is -2.14. The molecule has 0 radical (unpaired) electrons. The molecule has 0 atom stereocenters. The lowest BCUT2D eigenvalue weighted by molar-refractivity contribution is -0.131. The standard InChI is InChI=1S/C15H9N5S3.C8H14N2O3.C8H14N2O2.2C3H8.C2H6/c1-10(8-3-16-6-19-8)21-12-2-13(22-11(1)12)15-18-5-14(23-15)9-4-17-7-20-9;1-13-8(12)9-6-7(11)10-4-2-3-5-10;1-7(11)9-6-8(12)10-4-2-3-5-10;2*1-3-2;1-2/h1-7H,(H,16,19)(H,17,20);2-6H2,1H3,(H,9,12);2-6H2,1H3,(H,9,11);2*3H2,1-2H3;1-2H3. The average Bonchev–Trinajstić information content (AvgIpc) is 4.04. The molecule has 0 unspecified atom stereocenters. The third-order valence-corrected chi connectivity index (χ3v) is 11.0. The number of thiophene rings is 2. The second kappa shape index (κ2) is 27.1. The van der Waals surface area contributed by atoms with Gasteiger partial charge in [0.25, 0.3) is 0 Å². The van der Waals surface area contributed by atoms with Crippen LogP contribution in [-0.2, 0) is 19.1 Å². The highest BCUT2D eigenvalue weighted by atomic mass is 32.1. The van der Waals surface area contributed by atoms with Gasteiger partial charge in [-0.15, -0.1) is 34.0 Å². The Kier molecular flexibility index (Phi) is 23.0. The van der Waals surface area contributed by atoms with E-state index in [4.69, 9.17) is 0 Å². The predicted molar refractivity (Wildman–Crippen MR) is 230 cm³/mol. The minimum atomic E-state index is -0.562. The summed E-state index contributed by atoms with van der Waals surface area (Å²) in [6, 6.07) is 4.44. The van der Waals surface area contributed by atoms with E-state index >= 15 is 0 Å². The number of nitrogens with one attached hydrogen (secondary N) is 4. The van der Waals surface area contributed by atoms with E-state index in [0.29, 0.717) is 0 Å². The summed E-state index contributed by atoms with van der Waals surface area (Å²) in [7, 11) is 1.27. The fourth-order valence-corrected chi connectivity index (χ4v) is 8.26. The van der Waals surface area contributed by atoms with Crippen LogP contribution < -0.4 is 10.6 Å². The maximum Gasteiger partial charge on any atom is 0.407 e. The van der Waals surface area contributed by atoms with E-state index in [9.17, 15) is 19.2 Å². The number of carbonyl (C=O) groups is 4. The van der Waals surface area contributed by atoms with Crippen LogP contribution in [0.3, 0.4) is 0 Å². The topological polar surface area (TPSA) is 178 Å². The van der Waals surface area contributed by atoms with Crippen molar-refractivity contribution in [2.24, 2.45) is 0 Å². The van der Waals surface area contributed by atoms with Crippen LogP contribution in [0, 0.1) is 0 Å². The molecule has 7 rings (SSSR count). The Morgan fingerprint density at radius 2 is 1.14 bits per heavy atom. The monoisotopic (exact) mass is 829 g/mol. The Morgan fingerprint density at radius 3 is 1.59 bits per heavy atom. The minimum Gasteiger partial charge on any atom is -0.453 e. The van der Waals surface area contributed by atoms with E-state index < -0.39 is 6.09 Å². The number of amides is 4. The number of H-pyrrole nitrogens is 2. The van der Waals surface area contributed by atoms with Gasteiger partial charge in [0.15, 0.2) is 0 Å². The summed E-state index contributed by atoms with van der Waals surface area (Å²) in [6.07, 6.45) is 15.2. The Hall–Kier alpha value is -4.61. The number of ether oxygens (including phenoxy) is 1. The number of fused-ring (bicyclic) bond motifs is 1. The van der Waals surface area contributed by atoms with Gasteiger partial charge in [-0.05, 0) is 37.8 Å². The summed E-state index contributed by atoms with van der Waals surface area (Å²) in [5.41, 5.74) is 2.07. The number of aromatic amines is 2. The molecule has 5 aromatic rings. The maximum atomic E-state index is 11.3. The van der Waals surface area contributed by atoms with Gasteiger partial charge in [0.2, 0.25) is 17.7 Å². The van der Waals surface area contributed by atoms with Crippen LogP contribution in [-0.4, -0.2) is 105 Å². The molecule has 2 fully saturated rings. The molecule has 0 aromatic carbocycles. The first-order valence-corrected chi connectivity index (χ1v) is 21.7. The molecule has 0 saturated carbocycles. The summed E-state index contributed by atoms with van der Waals surface area (Å²) in [5, 5.41) is 5.90. The van der Waals surface area contributed by atoms with Crippen LogP contribution in [0.5, 0.6) is 0 Å². The lowest BCUT2D eigenvalue weighted by Crippen LogP contribution is -2.38. The van der Waals surface area contributed by atoms with Crippen molar-refractivity contribution in [2.75, 3.05) is 46.4 Å². The van der Waals surface area contributed by atoms with Gasteiger partial charge in [0, 0.05) is 48.7 Å². The molecule has 2 aliphatic rings. The van der Waals surface area contributed by atoms with E-state index in [0.717, 1.165) is 73.1 Å². The molecule has 2 saturated heterocycles. The molecule has 7 heterocycles. The normalized spacial score (nSPS) is 12.6. The van der Waals surface area contributed by atoms with Crippen molar-refractivity contribution in [1.29, 1.82) is 0 Å². The number of aromatic nitrogens is 5. The van der Waals surface area contributed by atoms with Crippen molar-refractivity contribution in [1.82, 2.24) is 45.4 Å². The Labute approximate surface area is 342 Å². The Balaban J connectivity index is 0.000000283. The number of methoxy groups -OCH3 is 1. The number of imidazole rings is 2. The third-order valence-electron chi connectivity index (χ3n) is 7.43. The largest absolute Gasteiger partial charge is 0.453 e. The van der Waals surface area contributed by atoms with Gasteiger partial charge in [-0.2, -0.15) is 0 Å². The quantitative estimate of drug-likeness (QED) is 0.126. The molecule has 4 N–H and O–H groups in total. The number of carbonyl (C=O) groups excluding carboxylic acids is 4. The first kappa shape index (κ1) is 47.5. The third kappa shape index (κ3) is 16.2. The summed E-state index contributed by atoms with van der Waals surface area (Å²) in [5.74, 6) is -0.159. The zero-order chi connectivity index (χ0) is 41.3. The van der Waals surface area contributed by atoms with Crippen molar-refractivity contribution in [2.45, 2.75) is 87.0 Å². The zero-order valence-corrected chi connectivity index (χ0v) is 36.5. The highest BCUT2D eigenvalue weighted by Crippen LogP contribution is 2.42. The van der Waals surface area contributed by atoms with Crippen LogP contribution in [0.4, 0.5) is 4.79 Å². The SMILES string of the molecule is CC.CC(=O)NCC(=O)N1CCCC1.CCC.CCC.COC(=O)NCC(=O)N1CCCC1.c1ncc(-c2cnc(-c3cc4sc(-c5cnc[nH]5)cc4s3)s2)[nH]1. The highest BCUT2D eigenvalue weighted by molar-refractivity contribution is 7.32. The van der Waals surface area contributed by atoms with Gasteiger partial charge in [0.05, 0.1) is 64.7 Å². The molecule has 0 bridgehead atoms. The van der Waals surface area contributed by atoms with E-state index in [1.165, 1.54) is 46.0 Å². The number of thiazole rings is 1. The summed E-state index contributed by atoms with van der Waals surface area (Å²) < 4.78 is 6.91. The molecule has 5 aromatic heterocycles. The van der Waals surface area contributed by atoms with Crippen molar-refractivity contribution >= 4 is 67.2 Å². The van der Waals surface area contributed by atoms with Gasteiger partial charge in [-0.25, -0.2) is 19.7 Å². The number of hydrogen-bond donors (Lipinski definition) is 4. The Morgan fingerprint density at radius 1 is 0.696 bits per heavy atom. The molecule has 56 heavy (non-hydrogen) atoms. The van der Waals surface area contributed by atoms with Crippen molar-refractivity contribution < 1.29 is 23.9 Å². The fraction of sp³-hybridized carbons (Fsp3) is 0.513. The predicted octanol–water partition coefficient (Wildman–Crippen LogP) is 8.44. The van der Waals surface area contributed by atoms with Crippen LogP contribution >= 0.6 is 34.0 Å². The molecule has 4 amide bonds. The number of rotatable bonds is 7. The van der Waals surface area contributed by atoms with Crippen molar-refractivity contribution in [3.05, 3.63) is 43.4 Å². The van der Waals surface area contributed by atoms with E-state index in [1.807, 2.05) is 32.4 Å². The van der Waals surface area contributed by atoms with E-state index in [1.54, 1.807) is 56.5 Å². The van der Waals surface area contributed by atoms with Gasteiger partial charge >= 0.3 is 6.09 Å². The second-order valence-corrected chi connectivity index (χ2v) is 15.5. The van der Waals surface area contributed by atoms with Crippen LogP contribution in [0.25, 0.3) is 40.4 Å². The molecule has 14 nitrogen and oxygen atoms in total. The first-order valence-electron chi connectivity index (χ1n) is 19.2. The smallest absolute Gasteiger partial charge is 0.407 e. The van der Waals surface area contributed by atoms with Gasteiger partial charge in [0.1, 0.15) is 11.6 Å². The van der Waals surface area contributed by atoms with Gasteiger partial charge < -0.3 is 35.1 Å². The minimum absolute atomic E-state index is 0.0303. The van der Waals surface area contributed by atoms with Crippen LogP contribution in [0.15, 0.2) is 43.4 Å². The molecular weight excluding hydrogens is 771 g/mol. The van der Waals surface area contributed by atoms with Crippen molar-refractivity contribution in [3.63, 3.8) is 0 Å². The van der Waals surface area contributed by atoms with Gasteiger partial charge in [-0.3, -0.25) is 14.4 Å². The van der Waals surface area contributed by atoms with Crippen LogP contribution in [0.1, 0.15) is 87.0 Å². The number of alkyl carbamates (subject to hydrolysis) is 1. The first-order chi connectivity index (χ1) is 27.1. The molecule has 2 aliphatic heterocycles.